The van der Waals surface area contributed by atoms with E-state index in [1.165, 1.54) is 6.07 Å². The van der Waals surface area contributed by atoms with E-state index < -0.39 is 23.4 Å². The summed E-state index contributed by atoms with van der Waals surface area (Å²) in [5, 5.41) is 0.125. The number of carbonyl (C=O) groups excluding carboxylic acids is 1. The Morgan fingerprint density at radius 1 is 1.39 bits per heavy atom. The highest BCUT2D eigenvalue weighted by Crippen LogP contribution is 2.23. The number of para-hydroxylation sites is 1. The Labute approximate surface area is 112 Å². The summed E-state index contributed by atoms with van der Waals surface area (Å²) in [5.74, 6) is -2.81. The van der Waals surface area contributed by atoms with Crippen LogP contribution < -0.4 is 4.74 Å². The molecule has 0 unspecified atom stereocenters. The third-order valence-electron chi connectivity index (χ3n) is 1.85. The van der Waals surface area contributed by atoms with Crippen LogP contribution in [-0.2, 0) is 9.53 Å². The van der Waals surface area contributed by atoms with Crippen LogP contribution in [0.4, 0.5) is 8.78 Å². The van der Waals surface area contributed by atoms with Crippen molar-refractivity contribution >= 4 is 21.9 Å². The van der Waals surface area contributed by atoms with Crippen molar-refractivity contribution in [3.8, 4) is 5.75 Å². The van der Waals surface area contributed by atoms with Gasteiger partial charge in [-0.25, -0.2) is 13.6 Å². The number of rotatable bonds is 5. The van der Waals surface area contributed by atoms with Gasteiger partial charge in [0.05, 0.1) is 18.0 Å². The summed E-state index contributed by atoms with van der Waals surface area (Å²) < 4.78 is 36.3. The molecule has 0 bridgehead atoms. The molecule has 0 aliphatic carbocycles. The average molecular weight is 321 g/mol. The Hall–Kier alpha value is -1.43. The van der Waals surface area contributed by atoms with Gasteiger partial charge in [0.1, 0.15) is 5.76 Å². The van der Waals surface area contributed by atoms with Gasteiger partial charge in [0, 0.05) is 0 Å². The van der Waals surface area contributed by atoms with Gasteiger partial charge in [0.25, 0.3) is 0 Å². The highest BCUT2D eigenvalue weighted by molar-refractivity contribution is 9.09. The van der Waals surface area contributed by atoms with Gasteiger partial charge >= 0.3 is 5.97 Å². The maximum Gasteiger partial charge on any atom is 0.334 e. The maximum absolute atomic E-state index is 13.3. The van der Waals surface area contributed by atoms with Crippen LogP contribution >= 0.6 is 15.9 Å². The van der Waals surface area contributed by atoms with Gasteiger partial charge in [-0.1, -0.05) is 22.0 Å². The number of hydrogen-bond donors (Lipinski definition) is 0. The first-order chi connectivity index (χ1) is 8.58. The quantitative estimate of drug-likeness (QED) is 0.362. The number of carbonyl (C=O) groups is 1. The lowest BCUT2D eigenvalue weighted by Gasteiger charge is -2.09. The fourth-order valence-corrected chi connectivity index (χ4v) is 1.40. The van der Waals surface area contributed by atoms with Gasteiger partial charge in [-0.3, -0.25) is 0 Å². The summed E-state index contributed by atoms with van der Waals surface area (Å²) in [4.78, 5) is 11.2. The van der Waals surface area contributed by atoms with Crippen molar-refractivity contribution in [2.24, 2.45) is 0 Å². The first-order valence-corrected chi connectivity index (χ1v) is 6.25. The Morgan fingerprint density at radius 3 is 2.50 bits per heavy atom. The minimum absolute atomic E-state index is 0.0532. The molecule has 98 valence electrons. The monoisotopic (exact) mass is 320 g/mol. The smallest absolute Gasteiger partial charge is 0.334 e. The third-order valence-corrected chi connectivity index (χ3v) is 2.40. The van der Waals surface area contributed by atoms with Crippen LogP contribution in [0.5, 0.6) is 5.75 Å². The second-order valence-corrected chi connectivity index (χ2v) is 3.71. The first-order valence-electron chi connectivity index (χ1n) is 5.13. The van der Waals surface area contributed by atoms with Crippen molar-refractivity contribution in [3.63, 3.8) is 0 Å². The number of hydrogen-bond acceptors (Lipinski definition) is 3. The molecule has 1 aromatic rings. The number of esters is 1. The number of ether oxygens (including phenoxy) is 2. The van der Waals surface area contributed by atoms with Gasteiger partial charge in [0.2, 0.25) is 0 Å². The van der Waals surface area contributed by atoms with E-state index in [9.17, 15) is 13.6 Å². The van der Waals surface area contributed by atoms with Crippen molar-refractivity contribution in [3.05, 3.63) is 41.7 Å². The molecule has 0 amide bonds. The van der Waals surface area contributed by atoms with Gasteiger partial charge in [-0.05, 0) is 19.1 Å². The number of alkyl halides is 1. The molecule has 0 aliphatic rings. The zero-order valence-electron chi connectivity index (χ0n) is 9.58. The molecule has 3 nitrogen and oxygen atoms in total. The van der Waals surface area contributed by atoms with E-state index in [0.717, 1.165) is 18.2 Å². The van der Waals surface area contributed by atoms with Gasteiger partial charge in [0.15, 0.2) is 17.4 Å². The summed E-state index contributed by atoms with van der Waals surface area (Å²) in [5.41, 5.74) is 0. The molecular weight excluding hydrogens is 310 g/mol. The van der Waals surface area contributed by atoms with Crippen LogP contribution in [0.15, 0.2) is 30.0 Å². The van der Waals surface area contributed by atoms with E-state index in [4.69, 9.17) is 4.74 Å². The average Bonchev–Trinajstić information content (AvgIpc) is 2.33. The topological polar surface area (TPSA) is 35.5 Å². The molecule has 18 heavy (non-hydrogen) atoms. The Morgan fingerprint density at radius 2 is 2.00 bits per heavy atom. The Balaban J connectivity index is 2.89. The summed E-state index contributed by atoms with van der Waals surface area (Å²) in [6.45, 7) is 1.86. The number of benzene rings is 1. The van der Waals surface area contributed by atoms with Gasteiger partial charge in [-0.2, -0.15) is 0 Å². The zero-order valence-corrected chi connectivity index (χ0v) is 11.2. The van der Waals surface area contributed by atoms with Crippen LogP contribution in [0.25, 0.3) is 0 Å². The molecule has 0 saturated carbocycles. The fraction of sp³-hybridized carbons (Fsp3) is 0.250. The van der Waals surface area contributed by atoms with Gasteiger partial charge < -0.3 is 9.47 Å². The summed E-state index contributed by atoms with van der Waals surface area (Å²) in [6.07, 6.45) is 1.03. The van der Waals surface area contributed by atoms with Crippen molar-refractivity contribution in [1.82, 2.24) is 0 Å². The predicted molar refractivity (Wildman–Crippen MR) is 65.5 cm³/mol. The van der Waals surface area contributed by atoms with Crippen molar-refractivity contribution < 1.29 is 23.0 Å². The lowest BCUT2D eigenvalue weighted by Crippen LogP contribution is -2.06. The molecule has 6 heteroatoms. The normalized spacial score (nSPS) is 11.2. The minimum atomic E-state index is -0.842. The van der Waals surface area contributed by atoms with Gasteiger partial charge in [-0.15, -0.1) is 0 Å². The van der Waals surface area contributed by atoms with Crippen molar-refractivity contribution in [2.45, 2.75) is 6.92 Å². The zero-order chi connectivity index (χ0) is 13.5. The highest BCUT2D eigenvalue weighted by atomic mass is 79.9. The lowest BCUT2D eigenvalue weighted by atomic mass is 10.3. The van der Waals surface area contributed by atoms with E-state index in [2.05, 4.69) is 20.7 Å². The molecule has 1 aromatic carbocycles. The maximum atomic E-state index is 13.3. The van der Waals surface area contributed by atoms with Crippen molar-refractivity contribution in [2.75, 3.05) is 11.9 Å². The van der Waals surface area contributed by atoms with Crippen LogP contribution in [0.1, 0.15) is 6.92 Å². The molecule has 0 aliphatic heterocycles. The largest absolute Gasteiger partial charge is 0.463 e. The second kappa shape index (κ2) is 7.10. The summed E-state index contributed by atoms with van der Waals surface area (Å²) >= 11 is 3.06. The Bertz CT molecular complexity index is 440. The van der Waals surface area contributed by atoms with E-state index in [1.807, 2.05) is 0 Å². The predicted octanol–water partition coefficient (Wildman–Crippen LogP) is 3.19. The lowest BCUT2D eigenvalue weighted by molar-refractivity contribution is -0.137. The standard InChI is InChI=1S/C12H11BrF2O3/c1-2-17-11(16)6-8(7-13)18-12-9(14)4-3-5-10(12)15/h3-6H,2,7H2,1H3/b8-6-. The molecular formula is C12H11BrF2O3. The second-order valence-electron chi connectivity index (χ2n) is 3.15. The molecule has 0 heterocycles. The molecule has 0 saturated heterocycles. The molecule has 0 spiro atoms. The van der Waals surface area contributed by atoms with Crippen LogP contribution in [0.2, 0.25) is 0 Å². The van der Waals surface area contributed by atoms with E-state index in [1.54, 1.807) is 6.92 Å². The first kappa shape index (κ1) is 14.6. The number of allylic oxidation sites excluding steroid dienone is 1. The summed E-state index contributed by atoms with van der Waals surface area (Å²) in [7, 11) is 0. The molecule has 0 aromatic heterocycles. The number of halogens is 3. The third kappa shape index (κ3) is 4.10. The Kier molecular flexibility index (Phi) is 5.77. The molecule has 0 radical (unpaired) electrons. The van der Waals surface area contributed by atoms with Crippen LogP contribution in [0.3, 0.4) is 0 Å². The molecule has 0 atom stereocenters. The molecule has 0 N–H and O–H groups in total. The minimum Gasteiger partial charge on any atom is -0.463 e. The van der Waals surface area contributed by atoms with E-state index in [-0.39, 0.29) is 17.7 Å². The fourth-order valence-electron chi connectivity index (χ4n) is 1.12. The van der Waals surface area contributed by atoms with Crippen LogP contribution in [-0.4, -0.2) is 17.9 Å². The van der Waals surface area contributed by atoms with E-state index in [0.29, 0.717) is 0 Å². The van der Waals surface area contributed by atoms with Crippen LogP contribution in [0, 0.1) is 11.6 Å². The van der Waals surface area contributed by atoms with E-state index >= 15 is 0 Å². The van der Waals surface area contributed by atoms with Crippen molar-refractivity contribution in [1.29, 1.82) is 0 Å². The SMILES string of the molecule is CCOC(=O)/C=C(/CBr)Oc1c(F)cccc1F. The molecule has 1 rings (SSSR count). The molecule has 0 fully saturated rings. The summed E-state index contributed by atoms with van der Waals surface area (Å²) in [6, 6.07) is 3.35. The highest BCUT2D eigenvalue weighted by Gasteiger charge is 2.12.